The van der Waals surface area contributed by atoms with Crippen LogP contribution in [-0.4, -0.2) is 30.6 Å². The SMILES string of the molecule is CCC(C(=O)O)n1c(=O)[nH]c(=O)c2[nH]cnc21. The van der Waals surface area contributed by atoms with Crippen molar-refractivity contribution in [3.63, 3.8) is 0 Å². The lowest BCUT2D eigenvalue weighted by molar-refractivity contribution is -0.141. The summed E-state index contributed by atoms with van der Waals surface area (Å²) in [6.07, 6.45) is 1.45. The van der Waals surface area contributed by atoms with Crippen molar-refractivity contribution in [2.75, 3.05) is 0 Å². The molecule has 0 saturated carbocycles. The van der Waals surface area contributed by atoms with Crippen LogP contribution in [0.15, 0.2) is 15.9 Å². The molecule has 3 N–H and O–H groups in total. The van der Waals surface area contributed by atoms with Gasteiger partial charge in [0.1, 0.15) is 11.6 Å². The van der Waals surface area contributed by atoms with E-state index in [0.29, 0.717) is 0 Å². The summed E-state index contributed by atoms with van der Waals surface area (Å²) in [6.45, 7) is 1.63. The maximum atomic E-state index is 11.6. The predicted molar refractivity (Wildman–Crippen MR) is 57.9 cm³/mol. The monoisotopic (exact) mass is 238 g/mol. The third-order valence-corrected chi connectivity index (χ3v) is 2.50. The Bertz CT molecular complexity index is 680. The maximum Gasteiger partial charge on any atom is 0.330 e. The van der Waals surface area contributed by atoms with Crippen molar-refractivity contribution in [3.05, 3.63) is 27.2 Å². The molecule has 1 atom stereocenters. The van der Waals surface area contributed by atoms with Crippen LogP contribution in [0.1, 0.15) is 19.4 Å². The van der Waals surface area contributed by atoms with E-state index < -0.39 is 23.3 Å². The highest BCUT2D eigenvalue weighted by atomic mass is 16.4. The van der Waals surface area contributed by atoms with E-state index in [1.54, 1.807) is 6.92 Å². The number of aliphatic carboxylic acids is 1. The third-order valence-electron chi connectivity index (χ3n) is 2.50. The van der Waals surface area contributed by atoms with E-state index in [9.17, 15) is 14.4 Å². The number of carbonyl (C=O) groups is 1. The normalized spacial score (nSPS) is 12.8. The Morgan fingerprint density at radius 2 is 2.29 bits per heavy atom. The minimum absolute atomic E-state index is 0.0491. The lowest BCUT2D eigenvalue weighted by atomic mass is 10.2. The number of H-pyrrole nitrogens is 2. The highest BCUT2D eigenvalue weighted by molar-refractivity contribution is 5.76. The van der Waals surface area contributed by atoms with Gasteiger partial charge >= 0.3 is 11.7 Å². The Kier molecular flexibility index (Phi) is 2.54. The Morgan fingerprint density at radius 3 is 2.88 bits per heavy atom. The zero-order valence-electron chi connectivity index (χ0n) is 8.93. The fourth-order valence-electron chi connectivity index (χ4n) is 1.71. The first kappa shape index (κ1) is 11.1. The van der Waals surface area contributed by atoms with Crippen LogP contribution in [0.25, 0.3) is 11.2 Å². The lowest BCUT2D eigenvalue weighted by Crippen LogP contribution is -2.35. The third kappa shape index (κ3) is 1.63. The number of fused-ring (bicyclic) bond motifs is 1. The zero-order valence-corrected chi connectivity index (χ0v) is 8.93. The van der Waals surface area contributed by atoms with Crippen LogP contribution in [0.5, 0.6) is 0 Å². The smallest absolute Gasteiger partial charge is 0.330 e. The summed E-state index contributed by atoms with van der Waals surface area (Å²) in [6, 6.07) is -1.05. The molecular weight excluding hydrogens is 228 g/mol. The largest absolute Gasteiger partial charge is 0.480 e. The van der Waals surface area contributed by atoms with Crippen LogP contribution >= 0.6 is 0 Å². The minimum Gasteiger partial charge on any atom is -0.480 e. The topological polar surface area (TPSA) is 121 Å². The van der Waals surface area contributed by atoms with Crippen LogP contribution in [-0.2, 0) is 4.79 Å². The van der Waals surface area contributed by atoms with Gasteiger partial charge in [-0.1, -0.05) is 6.92 Å². The van der Waals surface area contributed by atoms with Crippen molar-refractivity contribution in [1.82, 2.24) is 19.5 Å². The average Bonchev–Trinajstić information content (AvgIpc) is 2.72. The molecular formula is C9H10N4O4. The van der Waals surface area contributed by atoms with Gasteiger partial charge in [-0.25, -0.2) is 14.6 Å². The molecule has 0 aliphatic carbocycles. The first-order chi connectivity index (χ1) is 8.06. The molecule has 90 valence electrons. The van der Waals surface area contributed by atoms with E-state index >= 15 is 0 Å². The molecule has 0 amide bonds. The Balaban J connectivity index is 2.85. The van der Waals surface area contributed by atoms with Crippen LogP contribution in [0.3, 0.4) is 0 Å². The van der Waals surface area contributed by atoms with E-state index in [1.165, 1.54) is 6.33 Å². The van der Waals surface area contributed by atoms with E-state index in [1.807, 2.05) is 0 Å². The molecule has 17 heavy (non-hydrogen) atoms. The Labute approximate surface area is 93.9 Å². The number of aromatic amines is 2. The van der Waals surface area contributed by atoms with Gasteiger partial charge in [-0.3, -0.25) is 14.3 Å². The van der Waals surface area contributed by atoms with Crippen LogP contribution in [0.4, 0.5) is 0 Å². The molecule has 2 aromatic heterocycles. The van der Waals surface area contributed by atoms with Gasteiger partial charge in [0.25, 0.3) is 5.56 Å². The van der Waals surface area contributed by atoms with Gasteiger partial charge in [0.15, 0.2) is 5.65 Å². The average molecular weight is 238 g/mol. The molecule has 2 heterocycles. The van der Waals surface area contributed by atoms with Gasteiger partial charge in [-0.05, 0) is 6.42 Å². The summed E-state index contributed by atoms with van der Waals surface area (Å²) in [5, 5.41) is 9.03. The van der Waals surface area contributed by atoms with E-state index in [0.717, 1.165) is 4.57 Å². The van der Waals surface area contributed by atoms with Crippen molar-refractivity contribution in [3.8, 4) is 0 Å². The highest BCUT2D eigenvalue weighted by Crippen LogP contribution is 2.12. The van der Waals surface area contributed by atoms with Gasteiger partial charge in [0.05, 0.1) is 6.33 Å². The summed E-state index contributed by atoms with van der Waals surface area (Å²) >= 11 is 0. The number of aromatic nitrogens is 4. The van der Waals surface area contributed by atoms with Gasteiger partial charge in [-0.2, -0.15) is 0 Å². The molecule has 0 radical (unpaired) electrons. The molecule has 0 aromatic carbocycles. The van der Waals surface area contributed by atoms with Crippen molar-refractivity contribution in [1.29, 1.82) is 0 Å². The summed E-state index contributed by atoms with van der Waals surface area (Å²) < 4.78 is 0.968. The fourth-order valence-corrected chi connectivity index (χ4v) is 1.71. The van der Waals surface area contributed by atoms with Crippen LogP contribution < -0.4 is 11.2 Å². The summed E-state index contributed by atoms with van der Waals surface area (Å²) in [5.41, 5.74) is -1.25. The van der Waals surface area contributed by atoms with Gasteiger partial charge < -0.3 is 10.1 Å². The summed E-state index contributed by atoms with van der Waals surface area (Å²) in [5.74, 6) is -1.15. The Morgan fingerprint density at radius 1 is 1.59 bits per heavy atom. The van der Waals surface area contributed by atoms with Gasteiger partial charge in [0.2, 0.25) is 0 Å². The molecule has 0 saturated heterocycles. The first-order valence-electron chi connectivity index (χ1n) is 4.97. The number of nitrogens with zero attached hydrogens (tertiary/aromatic N) is 2. The summed E-state index contributed by atoms with van der Waals surface area (Å²) in [4.78, 5) is 42.5. The molecule has 0 aliphatic heterocycles. The number of carboxylic acids is 1. The van der Waals surface area contributed by atoms with Gasteiger partial charge in [0, 0.05) is 0 Å². The van der Waals surface area contributed by atoms with Crippen molar-refractivity contribution >= 4 is 17.1 Å². The second-order valence-corrected chi connectivity index (χ2v) is 3.49. The number of nitrogens with one attached hydrogen (secondary N) is 2. The molecule has 8 heteroatoms. The molecule has 0 aliphatic rings. The number of carboxylic acid groups (broad SMARTS) is 1. The number of rotatable bonds is 3. The van der Waals surface area contributed by atoms with E-state index in [-0.39, 0.29) is 17.6 Å². The molecule has 2 rings (SSSR count). The van der Waals surface area contributed by atoms with Gasteiger partial charge in [-0.15, -0.1) is 0 Å². The lowest BCUT2D eigenvalue weighted by Gasteiger charge is -2.12. The second-order valence-electron chi connectivity index (χ2n) is 3.49. The molecule has 0 bridgehead atoms. The van der Waals surface area contributed by atoms with Crippen LogP contribution in [0.2, 0.25) is 0 Å². The molecule has 8 nitrogen and oxygen atoms in total. The quantitative estimate of drug-likeness (QED) is 0.662. The number of hydrogen-bond acceptors (Lipinski definition) is 4. The van der Waals surface area contributed by atoms with Crippen molar-refractivity contribution < 1.29 is 9.90 Å². The highest BCUT2D eigenvalue weighted by Gasteiger charge is 2.22. The fraction of sp³-hybridized carbons (Fsp3) is 0.333. The first-order valence-corrected chi connectivity index (χ1v) is 4.97. The predicted octanol–water partition coefficient (Wildman–Crippen LogP) is -0.551. The van der Waals surface area contributed by atoms with Crippen molar-refractivity contribution in [2.45, 2.75) is 19.4 Å². The molecule has 1 unspecified atom stereocenters. The maximum absolute atomic E-state index is 11.6. The zero-order chi connectivity index (χ0) is 12.6. The Hall–Kier alpha value is -2.38. The number of hydrogen-bond donors (Lipinski definition) is 3. The van der Waals surface area contributed by atoms with Crippen LogP contribution in [0, 0.1) is 0 Å². The molecule has 0 fully saturated rings. The van der Waals surface area contributed by atoms with Crippen molar-refractivity contribution in [2.24, 2.45) is 0 Å². The molecule has 2 aromatic rings. The summed E-state index contributed by atoms with van der Waals surface area (Å²) in [7, 11) is 0. The number of imidazole rings is 1. The minimum atomic E-state index is -1.15. The standard InChI is InChI=1S/C9H10N4O4/c1-2-4(8(15)16)13-6-5(10-3-11-6)7(14)12-9(13)17/h3-4H,2H2,1H3,(H,10,11)(H,15,16)(H,12,14,17). The van der Waals surface area contributed by atoms with E-state index in [4.69, 9.17) is 5.11 Å². The molecule has 0 spiro atoms. The second kappa shape index (κ2) is 3.89. The van der Waals surface area contributed by atoms with E-state index in [2.05, 4.69) is 15.0 Å².